The lowest BCUT2D eigenvalue weighted by atomic mass is 9.85. The standard InChI is InChI=1S/C38H28/c1-3-26-24-36-30(25(26)2)18-11-19-31(36)27-20-22-29(23-21-27)38-34-16-9-7-14-32(34)37(28-12-5-4-6-13-28)33-15-8-10-17-35(33)38/h3-23H,1,24H2,2H3. The van der Waals surface area contributed by atoms with Crippen molar-refractivity contribution in [3.05, 3.63) is 151 Å². The molecular formula is C38H28. The molecule has 0 N–H and O–H groups in total. The third-order valence-corrected chi connectivity index (χ3v) is 8.15. The Morgan fingerprint density at radius 1 is 0.500 bits per heavy atom. The van der Waals surface area contributed by atoms with Gasteiger partial charge in [-0.15, -0.1) is 0 Å². The van der Waals surface area contributed by atoms with E-state index in [9.17, 15) is 0 Å². The Labute approximate surface area is 224 Å². The van der Waals surface area contributed by atoms with Gasteiger partial charge in [0.2, 0.25) is 0 Å². The number of rotatable bonds is 4. The SMILES string of the molecule is C=CC1=C(C)c2cccc(-c3ccc(-c4c5ccccc5c(-c5ccccc5)c5ccccc45)cc3)c2C1. The van der Waals surface area contributed by atoms with E-state index in [0.717, 1.165) is 6.42 Å². The van der Waals surface area contributed by atoms with Gasteiger partial charge in [-0.25, -0.2) is 0 Å². The molecule has 0 nitrogen and oxygen atoms in total. The van der Waals surface area contributed by atoms with Crippen LogP contribution in [0.1, 0.15) is 18.1 Å². The van der Waals surface area contributed by atoms with Crippen molar-refractivity contribution in [3.8, 4) is 33.4 Å². The summed E-state index contributed by atoms with van der Waals surface area (Å²) in [5, 5.41) is 5.15. The average Bonchev–Trinajstić information content (AvgIpc) is 3.32. The largest absolute Gasteiger partial charge is 0.0988 e. The van der Waals surface area contributed by atoms with Crippen LogP contribution in [0.3, 0.4) is 0 Å². The van der Waals surface area contributed by atoms with E-state index in [2.05, 4.69) is 135 Å². The highest BCUT2D eigenvalue weighted by molar-refractivity contribution is 6.21. The molecule has 6 aromatic rings. The van der Waals surface area contributed by atoms with Crippen LogP contribution in [-0.2, 0) is 6.42 Å². The summed E-state index contributed by atoms with van der Waals surface area (Å²) < 4.78 is 0. The summed E-state index contributed by atoms with van der Waals surface area (Å²) in [6.07, 6.45) is 2.97. The molecule has 0 saturated carbocycles. The first-order chi connectivity index (χ1) is 18.7. The van der Waals surface area contributed by atoms with Gasteiger partial charge >= 0.3 is 0 Å². The summed E-state index contributed by atoms with van der Waals surface area (Å²) in [6, 6.07) is 44.3. The van der Waals surface area contributed by atoms with E-state index in [1.54, 1.807) is 0 Å². The zero-order valence-electron chi connectivity index (χ0n) is 21.5. The van der Waals surface area contributed by atoms with Crippen molar-refractivity contribution in [2.75, 3.05) is 0 Å². The molecule has 180 valence electrons. The highest BCUT2D eigenvalue weighted by atomic mass is 14.2. The fourth-order valence-corrected chi connectivity index (χ4v) is 6.29. The molecule has 0 radical (unpaired) electrons. The van der Waals surface area contributed by atoms with Crippen LogP contribution in [0.2, 0.25) is 0 Å². The molecule has 0 amide bonds. The lowest BCUT2D eigenvalue weighted by molar-refractivity contribution is 1.25. The van der Waals surface area contributed by atoms with Gasteiger partial charge < -0.3 is 0 Å². The van der Waals surface area contributed by atoms with Crippen LogP contribution in [0.15, 0.2) is 140 Å². The van der Waals surface area contributed by atoms with E-state index in [-0.39, 0.29) is 0 Å². The number of fused-ring (bicyclic) bond motifs is 3. The highest BCUT2D eigenvalue weighted by Crippen LogP contribution is 2.44. The van der Waals surface area contributed by atoms with Crippen molar-refractivity contribution in [2.24, 2.45) is 0 Å². The maximum Gasteiger partial charge on any atom is -0.00109 e. The Morgan fingerprint density at radius 3 is 1.53 bits per heavy atom. The molecule has 7 rings (SSSR count). The Kier molecular flexibility index (Phi) is 5.34. The van der Waals surface area contributed by atoms with Gasteiger partial charge in [0.25, 0.3) is 0 Å². The van der Waals surface area contributed by atoms with Crippen LogP contribution >= 0.6 is 0 Å². The molecule has 1 aliphatic carbocycles. The minimum Gasteiger partial charge on any atom is -0.0988 e. The number of allylic oxidation sites excluding steroid dienone is 3. The first kappa shape index (κ1) is 22.5. The van der Waals surface area contributed by atoms with Gasteiger partial charge in [-0.05, 0) is 90.5 Å². The van der Waals surface area contributed by atoms with Crippen LogP contribution < -0.4 is 0 Å². The molecule has 0 heteroatoms. The molecule has 0 fully saturated rings. The molecule has 0 aromatic heterocycles. The maximum atomic E-state index is 4.04. The monoisotopic (exact) mass is 484 g/mol. The Hall–Kier alpha value is -4.68. The molecule has 0 spiro atoms. The lowest BCUT2D eigenvalue weighted by Gasteiger charge is -2.18. The predicted octanol–water partition coefficient (Wildman–Crippen LogP) is 10.5. The van der Waals surface area contributed by atoms with Crippen molar-refractivity contribution >= 4 is 27.1 Å². The summed E-state index contributed by atoms with van der Waals surface area (Å²) in [5.41, 5.74) is 13.1. The minimum atomic E-state index is 0.957. The Morgan fingerprint density at radius 2 is 0.974 bits per heavy atom. The van der Waals surface area contributed by atoms with Crippen LogP contribution in [0.25, 0.3) is 60.5 Å². The maximum absolute atomic E-state index is 4.04. The van der Waals surface area contributed by atoms with Gasteiger partial charge in [0.15, 0.2) is 0 Å². The number of hydrogen-bond donors (Lipinski definition) is 0. The minimum absolute atomic E-state index is 0.957. The second-order valence-corrected chi connectivity index (χ2v) is 10.1. The summed E-state index contributed by atoms with van der Waals surface area (Å²) in [5.74, 6) is 0. The normalized spacial score (nSPS) is 12.8. The Balaban J connectivity index is 1.42. The molecule has 0 unspecified atom stereocenters. The van der Waals surface area contributed by atoms with Crippen LogP contribution in [0.4, 0.5) is 0 Å². The highest BCUT2D eigenvalue weighted by Gasteiger charge is 2.21. The van der Waals surface area contributed by atoms with Crippen LogP contribution in [0.5, 0.6) is 0 Å². The average molecular weight is 485 g/mol. The fourth-order valence-electron chi connectivity index (χ4n) is 6.29. The van der Waals surface area contributed by atoms with Crippen molar-refractivity contribution in [1.82, 2.24) is 0 Å². The molecule has 0 aliphatic heterocycles. The van der Waals surface area contributed by atoms with E-state index in [1.807, 2.05) is 6.08 Å². The molecular weight excluding hydrogens is 456 g/mol. The van der Waals surface area contributed by atoms with E-state index in [4.69, 9.17) is 0 Å². The van der Waals surface area contributed by atoms with Gasteiger partial charge in [0.1, 0.15) is 0 Å². The zero-order chi connectivity index (χ0) is 25.6. The van der Waals surface area contributed by atoms with Gasteiger partial charge in [-0.3, -0.25) is 0 Å². The molecule has 0 heterocycles. The van der Waals surface area contributed by atoms with E-state index in [0.29, 0.717) is 0 Å². The zero-order valence-corrected chi connectivity index (χ0v) is 21.5. The summed E-state index contributed by atoms with van der Waals surface area (Å²) >= 11 is 0. The first-order valence-corrected chi connectivity index (χ1v) is 13.3. The third kappa shape index (κ3) is 3.45. The molecule has 6 aromatic carbocycles. The van der Waals surface area contributed by atoms with Crippen LogP contribution in [-0.4, -0.2) is 0 Å². The van der Waals surface area contributed by atoms with Gasteiger partial charge in [0, 0.05) is 0 Å². The second kappa shape index (κ2) is 9.01. The van der Waals surface area contributed by atoms with E-state index >= 15 is 0 Å². The van der Waals surface area contributed by atoms with Crippen molar-refractivity contribution in [2.45, 2.75) is 13.3 Å². The van der Waals surface area contributed by atoms with E-state index < -0.39 is 0 Å². The molecule has 0 saturated heterocycles. The van der Waals surface area contributed by atoms with Crippen molar-refractivity contribution < 1.29 is 0 Å². The van der Waals surface area contributed by atoms with Gasteiger partial charge in [0.05, 0.1) is 0 Å². The van der Waals surface area contributed by atoms with Gasteiger partial charge in [-0.2, -0.15) is 0 Å². The molecule has 38 heavy (non-hydrogen) atoms. The molecule has 0 bridgehead atoms. The van der Waals surface area contributed by atoms with Crippen molar-refractivity contribution in [1.29, 1.82) is 0 Å². The first-order valence-electron chi connectivity index (χ1n) is 13.3. The number of benzene rings is 6. The summed E-state index contributed by atoms with van der Waals surface area (Å²) in [4.78, 5) is 0. The summed E-state index contributed by atoms with van der Waals surface area (Å²) in [7, 11) is 0. The second-order valence-electron chi connectivity index (χ2n) is 10.1. The lowest BCUT2D eigenvalue weighted by Crippen LogP contribution is -1.92. The molecule has 1 aliphatic rings. The summed E-state index contributed by atoms with van der Waals surface area (Å²) in [6.45, 7) is 6.25. The van der Waals surface area contributed by atoms with E-state index in [1.165, 1.54) is 77.2 Å². The molecule has 0 atom stereocenters. The van der Waals surface area contributed by atoms with Crippen molar-refractivity contribution in [3.63, 3.8) is 0 Å². The number of hydrogen-bond acceptors (Lipinski definition) is 0. The third-order valence-electron chi connectivity index (χ3n) is 8.15. The Bertz CT molecular complexity index is 1830. The smallest absolute Gasteiger partial charge is 0.00109 e. The quantitative estimate of drug-likeness (QED) is 0.218. The van der Waals surface area contributed by atoms with Gasteiger partial charge in [-0.1, -0.05) is 134 Å². The predicted molar refractivity (Wildman–Crippen MR) is 164 cm³/mol. The van der Waals surface area contributed by atoms with Crippen LogP contribution in [0, 0.1) is 0 Å². The fraction of sp³-hybridized carbons (Fsp3) is 0.0526. The topological polar surface area (TPSA) is 0 Å².